The van der Waals surface area contributed by atoms with E-state index < -0.39 is 10.8 Å². The minimum atomic E-state index is -0.738. The molecule has 1 N–H and O–H groups in total. The number of benzene rings is 1. The zero-order valence-corrected chi connectivity index (χ0v) is 14.9. The fourth-order valence-corrected chi connectivity index (χ4v) is 6.25. The summed E-state index contributed by atoms with van der Waals surface area (Å²) < 4.78 is 11.6. The number of rotatable bonds is 4. The van der Waals surface area contributed by atoms with E-state index in [1.807, 2.05) is 6.07 Å². The van der Waals surface area contributed by atoms with Crippen LogP contribution in [0.1, 0.15) is 31.2 Å². The zero-order valence-electron chi connectivity index (χ0n) is 14.1. The number of fused-ring (bicyclic) bond motifs is 1. The molecule has 1 aromatic rings. The van der Waals surface area contributed by atoms with E-state index in [-0.39, 0.29) is 17.4 Å². The molecule has 1 saturated carbocycles. The summed E-state index contributed by atoms with van der Waals surface area (Å²) in [5, 5.41) is 3.24. The van der Waals surface area contributed by atoms with Gasteiger partial charge in [-0.3, -0.25) is 13.9 Å². The minimum absolute atomic E-state index is 0.122. The van der Waals surface area contributed by atoms with E-state index in [1.54, 1.807) is 0 Å². The van der Waals surface area contributed by atoms with Crippen molar-refractivity contribution in [2.24, 2.45) is 11.3 Å². The van der Waals surface area contributed by atoms with E-state index in [0.717, 1.165) is 51.1 Å². The first-order valence-corrected chi connectivity index (χ1v) is 10.6. The van der Waals surface area contributed by atoms with Crippen LogP contribution in [0.25, 0.3) is 0 Å². The number of nitrogens with one attached hydrogen (secondary N) is 1. The third-order valence-electron chi connectivity index (χ3n) is 6.06. The second-order valence-electron chi connectivity index (χ2n) is 7.67. The number of carbonyl (C=O) groups is 1. The predicted octanol–water partition coefficient (Wildman–Crippen LogP) is 1.93. The maximum atomic E-state index is 13.1. The lowest BCUT2D eigenvalue weighted by atomic mass is 9.79. The molecule has 4 atom stereocenters. The monoisotopic (exact) mass is 346 g/mol. The van der Waals surface area contributed by atoms with Crippen LogP contribution < -0.4 is 5.32 Å². The van der Waals surface area contributed by atoms with Gasteiger partial charge in [0.25, 0.3) is 0 Å². The lowest BCUT2D eigenvalue weighted by Gasteiger charge is -2.29. The summed E-state index contributed by atoms with van der Waals surface area (Å²) in [6, 6.07) is 10.6. The molecule has 2 heterocycles. The largest absolute Gasteiger partial charge is 0.352 e. The molecule has 0 spiro atoms. The van der Waals surface area contributed by atoms with Crippen LogP contribution in [0.3, 0.4) is 0 Å². The van der Waals surface area contributed by atoms with Crippen LogP contribution in [-0.4, -0.2) is 45.7 Å². The molecular weight excluding hydrogens is 320 g/mol. The van der Waals surface area contributed by atoms with Crippen molar-refractivity contribution in [1.82, 2.24) is 10.2 Å². The lowest BCUT2D eigenvalue weighted by Crippen LogP contribution is -2.48. The molecule has 2 aliphatic heterocycles. The molecule has 130 valence electrons. The summed E-state index contributed by atoms with van der Waals surface area (Å²) in [6.07, 6.45) is 4.20. The van der Waals surface area contributed by atoms with Crippen molar-refractivity contribution in [3.63, 3.8) is 0 Å². The van der Waals surface area contributed by atoms with Gasteiger partial charge in [-0.2, -0.15) is 0 Å². The fraction of sp³-hybridized carbons (Fsp3) is 0.632. The first-order chi connectivity index (χ1) is 11.7. The molecule has 0 radical (unpaired) electrons. The van der Waals surface area contributed by atoms with Gasteiger partial charge in [-0.25, -0.2) is 0 Å². The van der Waals surface area contributed by atoms with E-state index in [0.29, 0.717) is 11.7 Å². The zero-order chi connectivity index (χ0) is 16.6. The van der Waals surface area contributed by atoms with E-state index >= 15 is 0 Å². The average molecular weight is 346 g/mol. The molecule has 3 aliphatic rings. The first-order valence-electron chi connectivity index (χ1n) is 9.08. The van der Waals surface area contributed by atoms with Crippen LogP contribution in [0, 0.1) is 11.3 Å². The Hall–Kier alpha value is -1.20. The Morgan fingerprint density at radius 1 is 1.29 bits per heavy atom. The summed E-state index contributed by atoms with van der Waals surface area (Å²) in [6.45, 7) is 2.83. The highest BCUT2D eigenvalue weighted by atomic mass is 32.2. The number of likely N-dealkylation sites (tertiary alicyclic amines) is 1. The van der Waals surface area contributed by atoms with E-state index in [4.69, 9.17) is 0 Å². The van der Waals surface area contributed by atoms with Crippen molar-refractivity contribution in [3.8, 4) is 0 Å². The molecule has 0 unspecified atom stereocenters. The number of carbonyl (C=O) groups excluding carboxylic acids is 1. The van der Waals surface area contributed by atoms with E-state index in [9.17, 15) is 9.00 Å². The van der Waals surface area contributed by atoms with E-state index in [1.165, 1.54) is 5.56 Å². The highest BCUT2D eigenvalue weighted by molar-refractivity contribution is 7.85. The summed E-state index contributed by atoms with van der Waals surface area (Å²) in [5.74, 6) is 2.08. The van der Waals surface area contributed by atoms with Gasteiger partial charge < -0.3 is 5.32 Å². The fourth-order valence-electron chi connectivity index (χ4n) is 4.83. The predicted molar refractivity (Wildman–Crippen MR) is 95.9 cm³/mol. The van der Waals surface area contributed by atoms with Crippen molar-refractivity contribution >= 4 is 16.7 Å². The standard InChI is InChI=1S/C19H26N2O2S/c22-18(20-17-8-10-24(23)13-17)19-9-4-7-16(19)12-21(14-19)11-15-5-2-1-3-6-15/h1-3,5-6,16-17H,4,7-14H2,(H,20,22)/t16-,17+,19-,24-/m1/s1. The number of nitrogens with zero attached hydrogens (tertiary/aromatic N) is 1. The Bertz CT molecular complexity index is 636. The Morgan fingerprint density at radius 2 is 2.12 bits per heavy atom. The van der Waals surface area contributed by atoms with Gasteiger partial charge in [0.15, 0.2) is 0 Å². The molecule has 4 rings (SSSR count). The third-order valence-corrected chi connectivity index (χ3v) is 7.52. The smallest absolute Gasteiger partial charge is 0.228 e. The van der Waals surface area contributed by atoms with Crippen molar-refractivity contribution in [3.05, 3.63) is 35.9 Å². The van der Waals surface area contributed by atoms with Crippen molar-refractivity contribution in [2.75, 3.05) is 24.6 Å². The van der Waals surface area contributed by atoms with Gasteiger partial charge in [0.2, 0.25) is 5.91 Å². The summed E-state index contributed by atoms with van der Waals surface area (Å²) in [4.78, 5) is 15.5. The van der Waals surface area contributed by atoms with Crippen LogP contribution in [0.2, 0.25) is 0 Å². The van der Waals surface area contributed by atoms with Crippen LogP contribution in [0.5, 0.6) is 0 Å². The van der Waals surface area contributed by atoms with Gasteiger partial charge in [-0.05, 0) is 30.7 Å². The molecule has 5 heteroatoms. The molecule has 1 amide bonds. The normalized spacial score (nSPS) is 35.9. The van der Waals surface area contributed by atoms with Crippen molar-refractivity contribution < 1.29 is 9.00 Å². The minimum Gasteiger partial charge on any atom is -0.352 e. The number of hydrogen-bond acceptors (Lipinski definition) is 3. The first kappa shape index (κ1) is 16.3. The molecule has 4 nitrogen and oxygen atoms in total. The maximum Gasteiger partial charge on any atom is 0.228 e. The summed E-state index contributed by atoms with van der Waals surface area (Å²) >= 11 is 0. The van der Waals surface area contributed by atoms with Gasteiger partial charge in [0.05, 0.1) is 5.41 Å². The molecular formula is C19H26N2O2S. The van der Waals surface area contributed by atoms with Crippen molar-refractivity contribution in [2.45, 2.75) is 38.3 Å². The van der Waals surface area contributed by atoms with Gasteiger partial charge in [-0.15, -0.1) is 0 Å². The maximum absolute atomic E-state index is 13.1. The van der Waals surface area contributed by atoms with Crippen LogP contribution in [-0.2, 0) is 22.1 Å². The second kappa shape index (κ2) is 6.60. The third kappa shape index (κ3) is 3.04. The number of hydrogen-bond donors (Lipinski definition) is 1. The molecule has 3 fully saturated rings. The SMILES string of the molecule is O=C(N[C@H]1CC[S@@](=O)C1)[C@@]12CCC[C@@H]1CN(Cc1ccccc1)C2. The Labute approximate surface area is 146 Å². The second-order valence-corrected chi connectivity index (χ2v) is 9.29. The quantitative estimate of drug-likeness (QED) is 0.906. The van der Waals surface area contributed by atoms with Gasteiger partial charge >= 0.3 is 0 Å². The van der Waals surface area contributed by atoms with Crippen LogP contribution in [0.4, 0.5) is 0 Å². The highest BCUT2D eigenvalue weighted by Gasteiger charge is 2.54. The lowest BCUT2D eigenvalue weighted by molar-refractivity contribution is -0.132. The molecule has 0 bridgehead atoms. The highest BCUT2D eigenvalue weighted by Crippen LogP contribution is 2.49. The molecule has 24 heavy (non-hydrogen) atoms. The van der Waals surface area contributed by atoms with E-state index in [2.05, 4.69) is 34.5 Å². The van der Waals surface area contributed by atoms with Crippen molar-refractivity contribution in [1.29, 1.82) is 0 Å². The molecule has 1 aliphatic carbocycles. The Morgan fingerprint density at radius 3 is 2.88 bits per heavy atom. The molecule has 0 aromatic heterocycles. The topological polar surface area (TPSA) is 49.4 Å². The van der Waals surface area contributed by atoms with Gasteiger partial charge in [-0.1, -0.05) is 36.8 Å². The van der Waals surface area contributed by atoms with Gasteiger partial charge in [0.1, 0.15) is 0 Å². The summed E-state index contributed by atoms with van der Waals surface area (Å²) in [7, 11) is -0.738. The average Bonchev–Trinajstić information content (AvgIpc) is 3.23. The number of amides is 1. The Balaban J connectivity index is 1.44. The molecule has 1 aromatic carbocycles. The Kier molecular flexibility index (Phi) is 4.48. The summed E-state index contributed by atoms with van der Waals surface area (Å²) in [5.41, 5.74) is 1.11. The van der Waals surface area contributed by atoms with Crippen LogP contribution in [0.15, 0.2) is 30.3 Å². The van der Waals surface area contributed by atoms with Crippen LogP contribution >= 0.6 is 0 Å². The van der Waals surface area contributed by atoms with Gasteiger partial charge in [0, 0.05) is 48.0 Å². The molecule has 2 saturated heterocycles.